The van der Waals surface area contributed by atoms with Gasteiger partial charge in [0.05, 0.1) is 0 Å². The molecule has 0 unspecified atom stereocenters. The van der Waals surface area contributed by atoms with Crippen molar-refractivity contribution >= 4 is 6.09 Å². The molecule has 4 nitrogen and oxygen atoms in total. The molecule has 4 heteroatoms. The Morgan fingerprint density at radius 1 is 1.33 bits per heavy atom. The van der Waals surface area contributed by atoms with Gasteiger partial charge in [0.15, 0.2) is 0 Å². The van der Waals surface area contributed by atoms with E-state index < -0.39 is 11.7 Å². The highest BCUT2D eigenvalue weighted by molar-refractivity contribution is 5.67. The summed E-state index contributed by atoms with van der Waals surface area (Å²) in [7, 11) is 0. The Hall–Kier alpha value is -1.55. The first-order valence-corrected chi connectivity index (χ1v) is 6.07. The van der Waals surface area contributed by atoms with Gasteiger partial charge in [-0.1, -0.05) is 29.8 Å². The van der Waals surface area contributed by atoms with E-state index in [1.807, 2.05) is 52.0 Å². The molecule has 18 heavy (non-hydrogen) atoms. The van der Waals surface area contributed by atoms with Crippen LogP contribution >= 0.6 is 0 Å². The molecule has 1 atom stereocenters. The second-order valence-corrected chi connectivity index (χ2v) is 5.40. The van der Waals surface area contributed by atoms with Crippen LogP contribution in [0.25, 0.3) is 0 Å². The van der Waals surface area contributed by atoms with E-state index in [2.05, 4.69) is 5.32 Å². The van der Waals surface area contributed by atoms with Crippen molar-refractivity contribution in [3.63, 3.8) is 0 Å². The zero-order valence-corrected chi connectivity index (χ0v) is 11.5. The number of hydrogen-bond donors (Lipinski definition) is 2. The smallest absolute Gasteiger partial charge is 0.407 e. The van der Waals surface area contributed by atoms with Gasteiger partial charge < -0.3 is 15.8 Å². The Morgan fingerprint density at radius 2 is 1.89 bits per heavy atom. The summed E-state index contributed by atoms with van der Waals surface area (Å²) >= 11 is 0. The molecule has 1 amide bonds. The van der Waals surface area contributed by atoms with E-state index in [0.717, 1.165) is 5.56 Å². The number of nitrogens with one attached hydrogen (secondary N) is 1. The van der Waals surface area contributed by atoms with Gasteiger partial charge in [0.2, 0.25) is 0 Å². The van der Waals surface area contributed by atoms with Crippen molar-refractivity contribution in [1.29, 1.82) is 0 Å². The van der Waals surface area contributed by atoms with Crippen molar-refractivity contribution in [2.24, 2.45) is 5.73 Å². The van der Waals surface area contributed by atoms with Gasteiger partial charge in [-0.2, -0.15) is 0 Å². The standard InChI is InChI=1S/C14H22N2O2/c1-10-5-7-11(8-6-10)12(15)9-16-13(17)18-14(2,3)4/h5-8,12H,9,15H2,1-4H3,(H,16,17)/t12-/m0/s1. The number of aryl methyl sites for hydroxylation is 1. The summed E-state index contributed by atoms with van der Waals surface area (Å²) in [5.41, 5.74) is 7.68. The average molecular weight is 250 g/mol. The van der Waals surface area contributed by atoms with Gasteiger partial charge in [0, 0.05) is 12.6 Å². The fraction of sp³-hybridized carbons (Fsp3) is 0.500. The first-order chi connectivity index (χ1) is 8.28. The third-order valence-electron chi connectivity index (χ3n) is 2.37. The lowest BCUT2D eigenvalue weighted by atomic mass is 10.1. The van der Waals surface area contributed by atoms with Crippen LogP contribution in [0.3, 0.4) is 0 Å². The highest BCUT2D eigenvalue weighted by Gasteiger charge is 2.16. The SMILES string of the molecule is Cc1ccc([C@@H](N)CNC(=O)OC(C)(C)C)cc1. The Bertz CT molecular complexity index is 393. The Kier molecular flexibility index (Phi) is 4.73. The third-order valence-corrected chi connectivity index (χ3v) is 2.37. The maximum atomic E-state index is 11.5. The molecule has 0 aliphatic rings. The maximum absolute atomic E-state index is 11.5. The molecule has 0 saturated carbocycles. The second kappa shape index (κ2) is 5.87. The molecule has 0 spiro atoms. The van der Waals surface area contributed by atoms with Crippen LogP contribution in [-0.2, 0) is 4.74 Å². The molecule has 0 aliphatic heterocycles. The van der Waals surface area contributed by atoms with E-state index in [0.29, 0.717) is 6.54 Å². The van der Waals surface area contributed by atoms with E-state index in [9.17, 15) is 4.79 Å². The highest BCUT2D eigenvalue weighted by atomic mass is 16.6. The molecule has 3 N–H and O–H groups in total. The highest BCUT2D eigenvalue weighted by Crippen LogP contribution is 2.11. The molecule has 1 rings (SSSR count). The third kappa shape index (κ3) is 5.19. The second-order valence-electron chi connectivity index (χ2n) is 5.40. The van der Waals surface area contributed by atoms with Crippen LogP contribution in [0.2, 0.25) is 0 Å². The van der Waals surface area contributed by atoms with Gasteiger partial charge in [-0.25, -0.2) is 4.79 Å². The van der Waals surface area contributed by atoms with Gasteiger partial charge in [0.1, 0.15) is 5.60 Å². The number of amides is 1. The Balaban J connectivity index is 2.44. The number of ether oxygens (including phenoxy) is 1. The molecule has 100 valence electrons. The minimum absolute atomic E-state index is 0.224. The summed E-state index contributed by atoms with van der Waals surface area (Å²) in [6, 6.07) is 7.72. The van der Waals surface area contributed by atoms with Gasteiger partial charge in [-0.3, -0.25) is 0 Å². The molecule has 0 aromatic heterocycles. The minimum Gasteiger partial charge on any atom is -0.444 e. The van der Waals surface area contributed by atoms with E-state index in [4.69, 9.17) is 10.5 Å². The summed E-state index contributed by atoms with van der Waals surface area (Å²) < 4.78 is 5.14. The lowest BCUT2D eigenvalue weighted by molar-refractivity contribution is 0.0524. The molecule has 1 aromatic carbocycles. The van der Waals surface area contributed by atoms with Crippen molar-refractivity contribution in [2.75, 3.05) is 6.54 Å². The zero-order chi connectivity index (χ0) is 13.8. The van der Waals surface area contributed by atoms with Gasteiger partial charge in [-0.05, 0) is 33.3 Å². The normalized spacial score (nSPS) is 12.9. The lowest BCUT2D eigenvalue weighted by Gasteiger charge is -2.21. The van der Waals surface area contributed by atoms with Gasteiger partial charge in [0.25, 0.3) is 0 Å². The first-order valence-electron chi connectivity index (χ1n) is 6.07. The molecule has 1 aromatic rings. The molecule has 0 saturated heterocycles. The summed E-state index contributed by atoms with van der Waals surface area (Å²) in [5.74, 6) is 0. The van der Waals surface area contributed by atoms with Crippen LogP contribution in [-0.4, -0.2) is 18.2 Å². The number of alkyl carbamates (subject to hydrolysis) is 1. The summed E-state index contributed by atoms with van der Waals surface area (Å²) in [5, 5.41) is 2.67. The fourth-order valence-electron chi connectivity index (χ4n) is 1.44. The van der Waals surface area contributed by atoms with Crippen LogP contribution in [0.4, 0.5) is 4.79 Å². The minimum atomic E-state index is -0.488. The van der Waals surface area contributed by atoms with Crippen molar-refractivity contribution in [3.05, 3.63) is 35.4 Å². The summed E-state index contributed by atoms with van der Waals surface area (Å²) in [4.78, 5) is 11.5. The number of rotatable bonds is 3. The number of benzene rings is 1. The van der Waals surface area contributed by atoms with Crippen molar-refractivity contribution in [2.45, 2.75) is 39.3 Å². The van der Waals surface area contributed by atoms with Crippen LogP contribution < -0.4 is 11.1 Å². The maximum Gasteiger partial charge on any atom is 0.407 e. The average Bonchev–Trinajstić information content (AvgIpc) is 2.24. The molecular weight excluding hydrogens is 228 g/mol. The van der Waals surface area contributed by atoms with E-state index >= 15 is 0 Å². The predicted octanol–water partition coefficient (Wildman–Crippen LogP) is 2.52. The lowest BCUT2D eigenvalue weighted by Crippen LogP contribution is -2.36. The zero-order valence-electron chi connectivity index (χ0n) is 11.5. The molecule has 0 radical (unpaired) electrons. The predicted molar refractivity (Wildman–Crippen MR) is 72.3 cm³/mol. The topological polar surface area (TPSA) is 64.3 Å². The first kappa shape index (κ1) is 14.5. The summed E-state index contributed by atoms with van der Waals surface area (Å²) in [6.07, 6.45) is -0.440. The monoisotopic (exact) mass is 250 g/mol. The number of nitrogens with two attached hydrogens (primary N) is 1. The molecular formula is C14H22N2O2. The number of hydrogen-bond acceptors (Lipinski definition) is 3. The van der Waals surface area contributed by atoms with Crippen LogP contribution in [0.15, 0.2) is 24.3 Å². The van der Waals surface area contributed by atoms with Crippen LogP contribution in [0, 0.1) is 6.92 Å². The number of carbonyl (C=O) groups is 1. The Labute approximate surface area is 109 Å². The molecule has 0 bridgehead atoms. The quantitative estimate of drug-likeness (QED) is 0.866. The number of carbonyl (C=O) groups excluding carboxylic acids is 1. The van der Waals surface area contributed by atoms with E-state index in [1.165, 1.54) is 5.56 Å². The molecule has 0 aliphatic carbocycles. The van der Waals surface area contributed by atoms with Gasteiger partial charge in [-0.15, -0.1) is 0 Å². The van der Waals surface area contributed by atoms with Crippen molar-refractivity contribution in [1.82, 2.24) is 5.32 Å². The van der Waals surface area contributed by atoms with Gasteiger partial charge >= 0.3 is 6.09 Å². The van der Waals surface area contributed by atoms with E-state index in [-0.39, 0.29) is 6.04 Å². The van der Waals surface area contributed by atoms with Crippen LogP contribution in [0.5, 0.6) is 0 Å². The van der Waals surface area contributed by atoms with E-state index in [1.54, 1.807) is 0 Å². The largest absolute Gasteiger partial charge is 0.444 e. The van der Waals surface area contributed by atoms with Crippen molar-refractivity contribution < 1.29 is 9.53 Å². The van der Waals surface area contributed by atoms with Crippen molar-refractivity contribution in [3.8, 4) is 0 Å². The molecule has 0 heterocycles. The molecule has 0 fully saturated rings. The Morgan fingerprint density at radius 3 is 2.39 bits per heavy atom. The fourth-order valence-corrected chi connectivity index (χ4v) is 1.44. The van der Waals surface area contributed by atoms with Crippen LogP contribution in [0.1, 0.15) is 37.9 Å². The summed E-state index contributed by atoms with van der Waals surface area (Å²) in [6.45, 7) is 7.86.